The molecule has 0 fully saturated rings. The molecular weight excluding hydrogens is 258 g/mol. The number of ether oxygens (including phenoxy) is 1. The number of carbonyl (C=O) groups excluding carboxylic acids is 1. The Kier molecular flexibility index (Phi) is 6.03. The van der Waals surface area contributed by atoms with Crippen LogP contribution in [0.3, 0.4) is 0 Å². The monoisotopic (exact) mass is 279 g/mol. The van der Waals surface area contributed by atoms with E-state index >= 15 is 0 Å². The number of carboxylic acids is 1. The van der Waals surface area contributed by atoms with Gasteiger partial charge in [0.25, 0.3) is 0 Å². The molecule has 0 bridgehead atoms. The van der Waals surface area contributed by atoms with Crippen LogP contribution in [-0.2, 0) is 16.0 Å². The quantitative estimate of drug-likeness (QED) is 0.799. The third kappa shape index (κ3) is 5.30. The summed E-state index contributed by atoms with van der Waals surface area (Å²) in [5.41, 5.74) is 1.89. The van der Waals surface area contributed by atoms with E-state index in [4.69, 9.17) is 9.84 Å². The molecule has 0 spiro atoms. The highest BCUT2D eigenvalue weighted by Gasteiger charge is 2.10. The first-order valence-electron chi connectivity index (χ1n) is 6.57. The summed E-state index contributed by atoms with van der Waals surface area (Å²) in [7, 11) is 1.60. The van der Waals surface area contributed by atoms with Crippen molar-refractivity contribution in [3.8, 4) is 5.75 Å². The predicted molar refractivity (Wildman–Crippen MR) is 75.9 cm³/mol. The molecule has 5 nitrogen and oxygen atoms in total. The van der Waals surface area contributed by atoms with Gasteiger partial charge in [-0.1, -0.05) is 12.1 Å². The van der Waals surface area contributed by atoms with Crippen molar-refractivity contribution in [1.82, 2.24) is 5.32 Å². The van der Waals surface area contributed by atoms with Gasteiger partial charge < -0.3 is 15.2 Å². The maximum absolute atomic E-state index is 11.9. The normalized spacial score (nSPS) is 11.8. The molecule has 1 rings (SSSR count). The summed E-state index contributed by atoms with van der Waals surface area (Å²) in [6, 6.07) is 5.50. The molecule has 0 saturated carbocycles. The molecule has 20 heavy (non-hydrogen) atoms. The van der Waals surface area contributed by atoms with Gasteiger partial charge in [-0.25, -0.2) is 0 Å². The molecule has 0 radical (unpaired) electrons. The number of hydrogen-bond acceptors (Lipinski definition) is 3. The van der Waals surface area contributed by atoms with E-state index < -0.39 is 5.97 Å². The zero-order chi connectivity index (χ0) is 15.1. The van der Waals surface area contributed by atoms with Gasteiger partial charge in [-0.3, -0.25) is 9.59 Å². The van der Waals surface area contributed by atoms with Crippen molar-refractivity contribution in [2.75, 3.05) is 7.11 Å². The lowest BCUT2D eigenvalue weighted by molar-refractivity contribution is -0.137. The second kappa shape index (κ2) is 7.53. The Labute approximate surface area is 118 Å². The lowest BCUT2D eigenvalue weighted by Crippen LogP contribution is -2.34. The number of carbonyl (C=O) groups is 2. The van der Waals surface area contributed by atoms with Gasteiger partial charge in [0, 0.05) is 12.5 Å². The van der Waals surface area contributed by atoms with Crippen LogP contribution in [-0.4, -0.2) is 30.1 Å². The standard InChI is InChI=1S/C15H21NO4/c1-10-4-6-12(8-13(10)20-3)9-14(17)16-11(2)5-7-15(18)19/h4,6,8,11H,5,7,9H2,1-3H3,(H,16,17)(H,18,19). The summed E-state index contributed by atoms with van der Waals surface area (Å²) < 4.78 is 5.22. The molecular formula is C15H21NO4. The minimum Gasteiger partial charge on any atom is -0.496 e. The Morgan fingerprint density at radius 3 is 2.70 bits per heavy atom. The van der Waals surface area contributed by atoms with Crippen LogP contribution in [0.2, 0.25) is 0 Å². The van der Waals surface area contributed by atoms with E-state index in [1.807, 2.05) is 25.1 Å². The van der Waals surface area contributed by atoms with E-state index in [9.17, 15) is 9.59 Å². The number of amides is 1. The van der Waals surface area contributed by atoms with Gasteiger partial charge in [0.2, 0.25) is 5.91 Å². The number of hydrogen-bond donors (Lipinski definition) is 2. The van der Waals surface area contributed by atoms with E-state index in [-0.39, 0.29) is 24.8 Å². The zero-order valence-electron chi connectivity index (χ0n) is 12.1. The molecule has 0 aliphatic heterocycles. The van der Waals surface area contributed by atoms with Crippen molar-refractivity contribution >= 4 is 11.9 Å². The van der Waals surface area contributed by atoms with Crippen LogP contribution >= 0.6 is 0 Å². The lowest BCUT2D eigenvalue weighted by atomic mass is 10.1. The molecule has 5 heteroatoms. The van der Waals surface area contributed by atoms with Crippen molar-refractivity contribution in [1.29, 1.82) is 0 Å². The minimum atomic E-state index is -0.852. The van der Waals surface area contributed by atoms with Gasteiger partial charge in [-0.05, 0) is 37.5 Å². The van der Waals surface area contributed by atoms with E-state index in [2.05, 4.69) is 5.32 Å². The minimum absolute atomic E-state index is 0.0554. The fraction of sp³-hybridized carbons (Fsp3) is 0.467. The Hall–Kier alpha value is -2.04. The number of aryl methyl sites for hydroxylation is 1. The van der Waals surface area contributed by atoms with E-state index in [0.29, 0.717) is 6.42 Å². The average molecular weight is 279 g/mol. The lowest BCUT2D eigenvalue weighted by Gasteiger charge is -2.13. The van der Waals surface area contributed by atoms with Gasteiger partial charge in [0.1, 0.15) is 5.75 Å². The van der Waals surface area contributed by atoms with Crippen LogP contribution in [0.25, 0.3) is 0 Å². The van der Waals surface area contributed by atoms with E-state index in [1.54, 1.807) is 14.0 Å². The molecule has 0 aliphatic rings. The van der Waals surface area contributed by atoms with Crippen molar-refractivity contribution in [3.05, 3.63) is 29.3 Å². The number of nitrogens with one attached hydrogen (secondary N) is 1. The maximum Gasteiger partial charge on any atom is 0.303 e. The number of benzene rings is 1. The number of rotatable bonds is 7. The fourth-order valence-electron chi connectivity index (χ4n) is 1.90. The highest BCUT2D eigenvalue weighted by atomic mass is 16.5. The average Bonchev–Trinajstić information content (AvgIpc) is 2.38. The van der Waals surface area contributed by atoms with Crippen LogP contribution < -0.4 is 10.1 Å². The predicted octanol–water partition coefficient (Wildman–Crippen LogP) is 1.92. The number of aliphatic carboxylic acids is 1. The molecule has 0 aromatic heterocycles. The third-order valence-corrected chi connectivity index (χ3v) is 3.04. The maximum atomic E-state index is 11.9. The van der Waals surface area contributed by atoms with Gasteiger partial charge in [0.15, 0.2) is 0 Å². The molecule has 1 aromatic rings. The second-order valence-corrected chi connectivity index (χ2v) is 4.88. The van der Waals surface area contributed by atoms with Crippen molar-refractivity contribution in [3.63, 3.8) is 0 Å². The fourth-order valence-corrected chi connectivity index (χ4v) is 1.90. The highest BCUT2D eigenvalue weighted by molar-refractivity contribution is 5.79. The van der Waals surface area contributed by atoms with E-state index in [0.717, 1.165) is 16.9 Å². The molecule has 2 N–H and O–H groups in total. The molecule has 1 unspecified atom stereocenters. The van der Waals surface area contributed by atoms with Gasteiger partial charge in [-0.15, -0.1) is 0 Å². The number of carboxylic acid groups (broad SMARTS) is 1. The summed E-state index contributed by atoms with van der Waals surface area (Å²) in [6.07, 6.45) is 0.742. The van der Waals surface area contributed by atoms with Crippen LogP contribution in [0.1, 0.15) is 30.9 Å². The number of methoxy groups -OCH3 is 1. The first kappa shape index (κ1) is 16.0. The van der Waals surface area contributed by atoms with Crippen molar-refractivity contribution < 1.29 is 19.4 Å². The van der Waals surface area contributed by atoms with Crippen LogP contribution in [0.15, 0.2) is 18.2 Å². The van der Waals surface area contributed by atoms with Crippen molar-refractivity contribution in [2.45, 2.75) is 39.2 Å². The molecule has 110 valence electrons. The first-order chi connectivity index (χ1) is 9.42. The molecule has 1 aromatic carbocycles. The summed E-state index contributed by atoms with van der Waals surface area (Å²) in [5.74, 6) is -0.211. The molecule has 0 aliphatic carbocycles. The van der Waals surface area contributed by atoms with Gasteiger partial charge >= 0.3 is 5.97 Å². The molecule has 0 heterocycles. The van der Waals surface area contributed by atoms with Crippen LogP contribution in [0, 0.1) is 6.92 Å². The van der Waals surface area contributed by atoms with Crippen LogP contribution in [0.4, 0.5) is 0 Å². The Bertz CT molecular complexity index is 485. The van der Waals surface area contributed by atoms with Gasteiger partial charge in [-0.2, -0.15) is 0 Å². The Balaban J connectivity index is 2.51. The Morgan fingerprint density at radius 2 is 2.10 bits per heavy atom. The summed E-state index contributed by atoms with van der Waals surface area (Å²) in [4.78, 5) is 22.3. The molecule has 1 atom stereocenters. The smallest absolute Gasteiger partial charge is 0.303 e. The summed E-state index contributed by atoms with van der Waals surface area (Å²) in [6.45, 7) is 3.74. The highest BCUT2D eigenvalue weighted by Crippen LogP contribution is 2.19. The van der Waals surface area contributed by atoms with E-state index in [1.165, 1.54) is 0 Å². The second-order valence-electron chi connectivity index (χ2n) is 4.88. The molecule has 1 amide bonds. The summed E-state index contributed by atoms with van der Waals surface area (Å²) in [5, 5.41) is 11.4. The zero-order valence-corrected chi connectivity index (χ0v) is 12.1. The topological polar surface area (TPSA) is 75.6 Å². The van der Waals surface area contributed by atoms with Crippen LogP contribution in [0.5, 0.6) is 5.75 Å². The summed E-state index contributed by atoms with van der Waals surface area (Å²) >= 11 is 0. The third-order valence-electron chi connectivity index (χ3n) is 3.04. The SMILES string of the molecule is COc1cc(CC(=O)NC(C)CCC(=O)O)ccc1C. The van der Waals surface area contributed by atoms with Gasteiger partial charge in [0.05, 0.1) is 13.5 Å². The van der Waals surface area contributed by atoms with Crippen molar-refractivity contribution in [2.24, 2.45) is 0 Å². The first-order valence-corrected chi connectivity index (χ1v) is 6.57. The Morgan fingerprint density at radius 1 is 1.40 bits per heavy atom. The molecule has 0 saturated heterocycles. The largest absolute Gasteiger partial charge is 0.496 e.